The van der Waals surface area contributed by atoms with E-state index >= 15 is 0 Å². The smallest absolute Gasteiger partial charge is 0.411 e. The van der Waals surface area contributed by atoms with Gasteiger partial charge in [0.15, 0.2) is 17.7 Å². The van der Waals surface area contributed by atoms with E-state index in [9.17, 15) is 23.5 Å². The van der Waals surface area contributed by atoms with Gasteiger partial charge in [-0.15, -0.1) is 0 Å². The number of amides is 1. The Morgan fingerprint density at radius 1 is 1.24 bits per heavy atom. The van der Waals surface area contributed by atoms with E-state index in [-0.39, 0.29) is 5.56 Å². The summed E-state index contributed by atoms with van der Waals surface area (Å²) >= 11 is 0. The fraction of sp³-hybridized carbons (Fsp3) is 0.429. The van der Waals surface area contributed by atoms with Gasteiger partial charge in [-0.2, -0.15) is 0 Å². The lowest BCUT2D eigenvalue weighted by atomic mass is 10.1. The number of carboxylic acid groups (broad SMARTS) is 1. The van der Waals surface area contributed by atoms with E-state index in [1.54, 1.807) is 20.8 Å². The maximum absolute atomic E-state index is 13.2. The van der Waals surface area contributed by atoms with Gasteiger partial charge in [-0.05, 0) is 38.5 Å². The average molecular weight is 301 g/mol. The van der Waals surface area contributed by atoms with E-state index in [4.69, 9.17) is 4.74 Å². The minimum atomic E-state index is -1.48. The average Bonchev–Trinajstić information content (AvgIpc) is 2.31. The summed E-state index contributed by atoms with van der Waals surface area (Å²) in [6.45, 7) is 4.89. The number of rotatable bonds is 3. The van der Waals surface area contributed by atoms with Crippen LogP contribution in [0.2, 0.25) is 0 Å². The summed E-state index contributed by atoms with van der Waals surface area (Å²) in [6, 6.07) is 1.19. The lowest BCUT2D eigenvalue weighted by molar-refractivity contribution is -0.142. The van der Waals surface area contributed by atoms with Crippen molar-refractivity contribution in [1.29, 1.82) is 0 Å². The maximum Gasteiger partial charge on any atom is 0.411 e. The predicted octanol–water partition coefficient (Wildman–Crippen LogP) is 2.96. The summed E-state index contributed by atoms with van der Waals surface area (Å²) in [4.78, 5) is 24.1. The van der Waals surface area contributed by atoms with Crippen molar-refractivity contribution in [3.05, 3.63) is 35.4 Å². The van der Waals surface area contributed by atoms with E-state index in [2.05, 4.69) is 0 Å². The van der Waals surface area contributed by atoms with Crippen molar-refractivity contribution in [3.63, 3.8) is 0 Å². The van der Waals surface area contributed by atoms with Gasteiger partial charge in [-0.25, -0.2) is 18.4 Å². The van der Waals surface area contributed by atoms with Crippen LogP contribution in [0, 0.1) is 11.6 Å². The highest BCUT2D eigenvalue weighted by atomic mass is 19.2. The Balaban J connectivity index is 3.09. The van der Waals surface area contributed by atoms with Gasteiger partial charge in [-0.1, -0.05) is 6.07 Å². The molecule has 1 amide bonds. The number of benzene rings is 1. The van der Waals surface area contributed by atoms with Crippen molar-refractivity contribution in [2.24, 2.45) is 0 Å². The molecule has 0 saturated heterocycles. The summed E-state index contributed by atoms with van der Waals surface area (Å²) in [6.07, 6.45) is -0.875. The second-order valence-corrected chi connectivity index (χ2v) is 5.51. The molecule has 7 heteroatoms. The van der Waals surface area contributed by atoms with Gasteiger partial charge in [0.1, 0.15) is 5.60 Å². The predicted molar refractivity (Wildman–Crippen MR) is 70.7 cm³/mol. The molecule has 1 aromatic rings. The molecular formula is C14H17F2NO4. The summed E-state index contributed by atoms with van der Waals surface area (Å²) in [5, 5.41) is 9.24. The van der Waals surface area contributed by atoms with Crippen molar-refractivity contribution in [2.75, 3.05) is 7.05 Å². The number of aliphatic carboxylic acids is 1. The molecule has 0 heterocycles. The Kier molecular flexibility index (Phi) is 4.88. The van der Waals surface area contributed by atoms with Crippen LogP contribution in [0.1, 0.15) is 32.4 Å². The molecule has 1 rings (SSSR count). The Labute approximate surface area is 121 Å². The molecule has 1 aromatic carbocycles. The van der Waals surface area contributed by atoms with Crippen LogP contribution >= 0.6 is 0 Å². The quantitative estimate of drug-likeness (QED) is 0.932. The third kappa shape index (κ3) is 4.40. The molecule has 0 aliphatic rings. The zero-order valence-corrected chi connectivity index (χ0v) is 12.2. The Hall–Kier alpha value is -2.18. The standard InChI is InChI=1S/C14H17F2NO4/c1-14(2,3)21-13(20)17(4)11(12(18)19)8-5-6-9(15)10(16)7-8/h5-7,11H,1-4H3,(H,18,19). The molecule has 1 atom stereocenters. The number of likely N-dealkylation sites (N-methyl/N-ethyl adjacent to an activating group) is 1. The number of hydrogen-bond acceptors (Lipinski definition) is 3. The summed E-state index contributed by atoms with van der Waals surface area (Å²) in [7, 11) is 1.22. The molecule has 0 saturated carbocycles. The van der Waals surface area contributed by atoms with Gasteiger partial charge in [0.25, 0.3) is 0 Å². The number of carbonyl (C=O) groups excluding carboxylic acids is 1. The molecule has 0 spiro atoms. The lowest BCUT2D eigenvalue weighted by Crippen LogP contribution is -2.39. The molecule has 0 aliphatic carbocycles. The lowest BCUT2D eigenvalue weighted by Gasteiger charge is -2.28. The fourth-order valence-electron chi connectivity index (χ4n) is 1.65. The van der Waals surface area contributed by atoms with Crippen LogP contribution in [-0.4, -0.2) is 34.7 Å². The van der Waals surface area contributed by atoms with Crippen LogP contribution in [0.3, 0.4) is 0 Å². The first kappa shape index (κ1) is 16.9. The molecule has 1 unspecified atom stereocenters. The van der Waals surface area contributed by atoms with Crippen LogP contribution in [0.5, 0.6) is 0 Å². The van der Waals surface area contributed by atoms with Crippen LogP contribution < -0.4 is 0 Å². The highest BCUT2D eigenvalue weighted by Crippen LogP contribution is 2.23. The molecule has 21 heavy (non-hydrogen) atoms. The second-order valence-electron chi connectivity index (χ2n) is 5.51. The first-order valence-electron chi connectivity index (χ1n) is 6.16. The summed E-state index contributed by atoms with van der Waals surface area (Å²) < 4.78 is 31.2. The van der Waals surface area contributed by atoms with Crippen LogP contribution in [0.4, 0.5) is 13.6 Å². The normalized spacial score (nSPS) is 12.7. The number of hydrogen-bond donors (Lipinski definition) is 1. The molecule has 0 bridgehead atoms. The fourth-order valence-corrected chi connectivity index (χ4v) is 1.65. The number of carbonyl (C=O) groups is 2. The SMILES string of the molecule is CN(C(=O)OC(C)(C)C)C(C(=O)O)c1ccc(F)c(F)c1. The molecule has 0 radical (unpaired) electrons. The van der Waals surface area contributed by atoms with Gasteiger partial charge in [0, 0.05) is 7.05 Å². The molecule has 0 aliphatic heterocycles. The summed E-state index contributed by atoms with van der Waals surface area (Å²) in [5.74, 6) is -3.66. The molecule has 1 N–H and O–H groups in total. The van der Waals surface area contributed by atoms with E-state index in [0.29, 0.717) is 0 Å². The van der Waals surface area contributed by atoms with Gasteiger partial charge in [0.2, 0.25) is 0 Å². The Morgan fingerprint density at radius 2 is 1.81 bits per heavy atom. The van der Waals surface area contributed by atoms with Gasteiger partial charge >= 0.3 is 12.1 Å². The number of halogens is 2. The van der Waals surface area contributed by atoms with Gasteiger partial charge in [-0.3, -0.25) is 4.90 Å². The van der Waals surface area contributed by atoms with E-state index in [1.165, 1.54) is 7.05 Å². The third-order valence-electron chi connectivity index (χ3n) is 2.56. The molecule has 0 fully saturated rings. The maximum atomic E-state index is 13.2. The largest absolute Gasteiger partial charge is 0.479 e. The topological polar surface area (TPSA) is 66.8 Å². The molecule has 0 aromatic heterocycles. The first-order valence-corrected chi connectivity index (χ1v) is 6.16. The third-order valence-corrected chi connectivity index (χ3v) is 2.56. The van der Waals surface area contributed by atoms with Crippen molar-refractivity contribution in [1.82, 2.24) is 4.90 Å². The van der Waals surface area contributed by atoms with Crippen molar-refractivity contribution in [2.45, 2.75) is 32.4 Å². The van der Waals surface area contributed by atoms with E-state index in [1.807, 2.05) is 0 Å². The van der Waals surface area contributed by atoms with Crippen molar-refractivity contribution >= 4 is 12.1 Å². The number of nitrogens with zero attached hydrogens (tertiary/aromatic N) is 1. The van der Waals surface area contributed by atoms with Crippen LogP contribution in [-0.2, 0) is 9.53 Å². The number of ether oxygens (including phenoxy) is 1. The molecule has 5 nitrogen and oxygen atoms in total. The number of carboxylic acids is 1. The van der Waals surface area contributed by atoms with Crippen LogP contribution in [0.15, 0.2) is 18.2 Å². The zero-order chi connectivity index (χ0) is 16.4. The minimum absolute atomic E-state index is 0.0604. The van der Waals surface area contributed by atoms with Crippen molar-refractivity contribution in [3.8, 4) is 0 Å². The molecular weight excluding hydrogens is 284 g/mol. The minimum Gasteiger partial charge on any atom is -0.479 e. The first-order chi connectivity index (χ1) is 9.53. The monoisotopic (exact) mass is 301 g/mol. The Bertz CT molecular complexity index is 554. The Morgan fingerprint density at radius 3 is 2.24 bits per heavy atom. The zero-order valence-electron chi connectivity index (χ0n) is 12.2. The van der Waals surface area contributed by atoms with E-state index in [0.717, 1.165) is 23.1 Å². The second kappa shape index (κ2) is 6.07. The molecule has 116 valence electrons. The summed E-state index contributed by atoms with van der Waals surface area (Å²) in [5.41, 5.74) is -0.864. The highest BCUT2D eigenvalue weighted by molar-refractivity contribution is 5.81. The van der Waals surface area contributed by atoms with E-state index < -0.39 is 35.3 Å². The van der Waals surface area contributed by atoms with Crippen LogP contribution in [0.25, 0.3) is 0 Å². The van der Waals surface area contributed by atoms with Gasteiger partial charge < -0.3 is 9.84 Å². The highest BCUT2D eigenvalue weighted by Gasteiger charge is 2.31. The van der Waals surface area contributed by atoms with Crippen molar-refractivity contribution < 1.29 is 28.2 Å². The van der Waals surface area contributed by atoms with Gasteiger partial charge in [0.05, 0.1) is 0 Å².